The lowest BCUT2D eigenvalue weighted by atomic mass is 10.0. The molecule has 0 unspecified atom stereocenters. The van der Waals surface area contributed by atoms with E-state index in [-0.39, 0.29) is 7.43 Å². The zero-order valence-corrected chi connectivity index (χ0v) is 10.0. The Labute approximate surface area is 108 Å². The first kappa shape index (κ1) is 12.4. The number of para-hydroxylation sites is 1. The summed E-state index contributed by atoms with van der Waals surface area (Å²) in [5.41, 5.74) is 5.05. The summed E-state index contributed by atoms with van der Waals surface area (Å²) in [7, 11) is 2.11. The van der Waals surface area contributed by atoms with Crippen molar-refractivity contribution in [3.63, 3.8) is 0 Å². The van der Waals surface area contributed by atoms with Gasteiger partial charge < -0.3 is 4.57 Å². The van der Waals surface area contributed by atoms with Crippen molar-refractivity contribution in [3.05, 3.63) is 54.5 Å². The first-order valence-electron chi connectivity index (χ1n) is 5.73. The molecule has 0 amide bonds. The van der Waals surface area contributed by atoms with Gasteiger partial charge in [-0.25, -0.2) is 0 Å². The van der Waals surface area contributed by atoms with Gasteiger partial charge in [-0.3, -0.25) is 4.98 Å². The fourth-order valence-corrected chi connectivity index (χ4v) is 2.31. The van der Waals surface area contributed by atoms with Crippen LogP contribution < -0.4 is 0 Å². The van der Waals surface area contributed by atoms with Crippen LogP contribution in [0.3, 0.4) is 0 Å². The molecule has 1 aromatic carbocycles. The average Bonchev–Trinajstić information content (AvgIpc) is 2.66. The average molecular weight is 238 g/mol. The molecule has 0 N–H and O–H groups in total. The molecule has 0 spiro atoms. The molecule has 0 aliphatic rings. The molecule has 2 nitrogen and oxygen atoms in total. The van der Waals surface area contributed by atoms with Crippen molar-refractivity contribution in [3.8, 4) is 11.1 Å². The van der Waals surface area contributed by atoms with Gasteiger partial charge in [-0.2, -0.15) is 0 Å². The number of aromatic nitrogens is 2. The Morgan fingerprint density at radius 3 is 2.50 bits per heavy atom. The smallest absolute Gasteiger partial charge is 0.0559 e. The van der Waals surface area contributed by atoms with Crippen LogP contribution in [-0.4, -0.2) is 9.55 Å². The number of rotatable bonds is 1. The van der Waals surface area contributed by atoms with E-state index in [1.165, 1.54) is 27.7 Å². The van der Waals surface area contributed by atoms with Crippen LogP contribution in [0.15, 0.2) is 48.8 Å². The van der Waals surface area contributed by atoms with Crippen molar-refractivity contribution in [1.29, 1.82) is 0 Å². The summed E-state index contributed by atoms with van der Waals surface area (Å²) in [4.78, 5) is 4.07. The molecule has 0 aliphatic carbocycles. The Hall–Kier alpha value is -2.09. The van der Waals surface area contributed by atoms with Crippen LogP contribution in [0.2, 0.25) is 0 Å². The lowest BCUT2D eigenvalue weighted by Crippen LogP contribution is -1.92. The van der Waals surface area contributed by atoms with E-state index in [1.54, 1.807) is 0 Å². The van der Waals surface area contributed by atoms with Crippen LogP contribution >= 0.6 is 0 Å². The summed E-state index contributed by atoms with van der Waals surface area (Å²) in [5.74, 6) is 0. The molecule has 0 atom stereocenters. The minimum Gasteiger partial charge on any atom is -0.347 e. The standard InChI is InChI=1S/C15H14N2.CH4/c1-11-10-13-4-3-5-14(15(13)17(11)2)12-6-8-16-9-7-12;/h3-10H,1-2H3;1H4. The summed E-state index contributed by atoms with van der Waals surface area (Å²) in [6.07, 6.45) is 3.67. The monoisotopic (exact) mass is 238 g/mol. The molecule has 2 aromatic heterocycles. The van der Waals surface area contributed by atoms with Crippen molar-refractivity contribution in [2.24, 2.45) is 7.05 Å². The highest BCUT2D eigenvalue weighted by molar-refractivity contribution is 5.95. The van der Waals surface area contributed by atoms with E-state index in [0.29, 0.717) is 0 Å². The molecule has 0 aliphatic heterocycles. The van der Waals surface area contributed by atoms with Crippen LogP contribution in [0.4, 0.5) is 0 Å². The van der Waals surface area contributed by atoms with Crippen LogP contribution in [-0.2, 0) is 7.05 Å². The Morgan fingerprint density at radius 2 is 1.78 bits per heavy atom. The molecular weight excluding hydrogens is 220 g/mol. The minimum atomic E-state index is 0. The fraction of sp³-hybridized carbons (Fsp3) is 0.188. The molecule has 18 heavy (non-hydrogen) atoms. The molecular formula is C16H18N2. The number of aryl methyl sites for hydroxylation is 2. The van der Waals surface area contributed by atoms with Crippen molar-refractivity contribution >= 4 is 10.9 Å². The Kier molecular flexibility index (Phi) is 3.19. The Balaban J connectivity index is 0.00000120. The summed E-state index contributed by atoms with van der Waals surface area (Å²) >= 11 is 0. The van der Waals surface area contributed by atoms with E-state index in [0.717, 1.165) is 0 Å². The molecule has 0 radical (unpaired) electrons. The highest BCUT2D eigenvalue weighted by Crippen LogP contribution is 2.29. The van der Waals surface area contributed by atoms with Gasteiger partial charge in [0.1, 0.15) is 0 Å². The van der Waals surface area contributed by atoms with E-state index in [1.807, 2.05) is 12.4 Å². The third-order valence-corrected chi connectivity index (χ3v) is 3.29. The Morgan fingerprint density at radius 1 is 1.06 bits per heavy atom. The molecule has 0 saturated carbocycles. The number of hydrogen-bond donors (Lipinski definition) is 0. The minimum absolute atomic E-state index is 0. The quantitative estimate of drug-likeness (QED) is 0.621. The van der Waals surface area contributed by atoms with Crippen LogP contribution in [0.5, 0.6) is 0 Å². The van der Waals surface area contributed by atoms with Gasteiger partial charge in [0.15, 0.2) is 0 Å². The highest BCUT2D eigenvalue weighted by atomic mass is 14.9. The highest BCUT2D eigenvalue weighted by Gasteiger charge is 2.08. The maximum atomic E-state index is 4.07. The van der Waals surface area contributed by atoms with Gasteiger partial charge in [0.25, 0.3) is 0 Å². The van der Waals surface area contributed by atoms with Gasteiger partial charge >= 0.3 is 0 Å². The second-order valence-electron chi connectivity index (χ2n) is 4.32. The van der Waals surface area contributed by atoms with Crippen molar-refractivity contribution in [2.75, 3.05) is 0 Å². The van der Waals surface area contributed by atoms with Gasteiger partial charge in [0.2, 0.25) is 0 Å². The van der Waals surface area contributed by atoms with E-state index in [4.69, 9.17) is 0 Å². The van der Waals surface area contributed by atoms with Crippen LogP contribution in [0, 0.1) is 6.92 Å². The zero-order chi connectivity index (χ0) is 11.8. The molecule has 2 heteroatoms. The van der Waals surface area contributed by atoms with Gasteiger partial charge in [0, 0.05) is 36.1 Å². The molecule has 3 rings (SSSR count). The van der Waals surface area contributed by atoms with Crippen molar-refractivity contribution < 1.29 is 0 Å². The summed E-state index contributed by atoms with van der Waals surface area (Å²) in [5, 5.41) is 1.29. The van der Waals surface area contributed by atoms with E-state index < -0.39 is 0 Å². The maximum Gasteiger partial charge on any atom is 0.0559 e. The molecule has 0 saturated heterocycles. The predicted octanol–water partition coefficient (Wildman–Crippen LogP) is 4.18. The summed E-state index contributed by atoms with van der Waals surface area (Å²) < 4.78 is 2.24. The summed E-state index contributed by atoms with van der Waals surface area (Å²) in [6.45, 7) is 2.14. The first-order chi connectivity index (χ1) is 8.27. The molecule has 3 aromatic rings. The number of nitrogens with zero attached hydrogens (tertiary/aromatic N) is 2. The second-order valence-corrected chi connectivity index (χ2v) is 4.32. The van der Waals surface area contributed by atoms with E-state index in [9.17, 15) is 0 Å². The Bertz CT molecular complexity index is 666. The second kappa shape index (κ2) is 4.65. The molecule has 2 heterocycles. The third-order valence-electron chi connectivity index (χ3n) is 3.29. The molecule has 92 valence electrons. The zero-order valence-electron chi connectivity index (χ0n) is 10.0. The number of hydrogen-bond acceptors (Lipinski definition) is 1. The van der Waals surface area contributed by atoms with E-state index in [2.05, 4.69) is 59.9 Å². The molecule has 0 bridgehead atoms. The topological polar surface area (TPSA) is 17.8 Å². The number of pyridine rings is 1. The third kappa shape index (κ3) is 1.80. The van der Waals surface area contributed by atoms with Crippen molar-refractivity contribution in [1.82, 2.24) is 9.55 Å². The normalized spacial score (nSPS) is 10.3. The summed E-state index contributed by atoms with van der Waals surface area (Å²) in [6, 6.07) is 12.8. The van der Waals surface area contributed by atoms with E-state index >= 15 is 0 Å². The SMILES string of the molecule is C.Cc1cc2cccc(-c3ccncc3)c2n1C. The van der Waals surface area contributed by atoms with Gasteiger partial charge in [-0.05, 0) is 30.7 Å². The lowest BCUT2D eigenvalue weighted by Gasteiger charge is -2.06. The van der Waals surface area contributed by atoms with Gasteiger partial charge in [0.05, 0.1) is 5.52 Å². The van der Waals surface area contributed by atoms with Crippen LogP contribution in [0.25, 0.3) is 22.0 Å². The molecule has 0 fully saturated rings. The number of fused-ring (bicyclic) bond motifs is 1. The first-order valence-corrected chi connectivity index (χ1v) is 5.73. The van der Waals surface area contributed by atoms with Crippen LogP contribution in [0.1, 0.15) is 13.1 Å². The maximum absolute atomic E-state index is 4.07. The number of benzene rings is 1. The fourth-order valence-electron chi connectivity index (χ4n) is 2.31. The van der Waals surface area contributed by atoms with Gasteiger partial charge in [-0.15, -0.1) is 0 Å². The van der Waals surface area contributed by atoms with Crippen molar-refractivity contribution in [2.45, 2.75) is 14.4 Å². The predicted molar refractivity (Wildman–Crippen MR) is 77.6 cm³/mol. The van der Waals surface area contributed by atoms with Gasteiger partial charge in [-0.1, -0.05) is 25.6 Å². The lowest BCUT2D eigenvalue weighted by molar-refractivity contribution is 0.919. The largest absolute Gasteiger partial charge is 0.347 e.